The van der Waals surface area contributed by atoms with Gasteiger partial charge in [0.25, 0.3) is 0 Å². The van der Waals surface area contributed by atoms with Crippen LogP contribution in [0.25, 0.3) is 0 Å². The van der Waals surface area contributed by atoms with E-state index in [0.29, 0.717) is 13.1 Å². The maximum atomic E-state index is 12.4. The van der Waals surface area contributed by atoms with Gasteiger partial charge in [-0.15, -0.1) is 16.8 Å². The minimum absolute atomic E-state index is 0. The van der Waals surface area contributed by atoms with Crippen LogP contribution in [-0.2, 0) is 0 Å². The van der Waals surface area contributed by atoms with Crippen molar-refractivity contribution >= 4 is 23.4 Å². The van der Waals surface area contributed by atoms with E-state index in [2.05, 4.69) is 4.98 Å². The van der Waals surface area contributed by atoms with Crippen molar-refractivity contribution in [3.05, 3.63) is 23.1 Å². The number of halogens is 3. The van der Waals surface area contributed by atoms with E-state index < -0.39 is 6.98 Å². The maximum Gasteiger partial charge on any atom is 1.00 e. The van der Waals surface area contributed by atoms with Crippen LogP contribution in [0.2, 0.25) is 0 Å². The molecule has 1 aromatic heterocycles. The molecule has 2 nitrogen and oxygen atoms in total. The summed E-state index contributed by atoms with van der Waals surface area (Å²) < 4.78 is 37.1. The molecule has 0 radical (unpaired) electrons. The van der Waals surface area contributed by atoms with Crippen molar-refractivity contribution in [3.63, 3.8) is 0 Å². The smallest absolute Gasteiger partial charge is 0.445 e. The molecule has 2 heterocycles. The Balaban J connectivity index is 0.00000128. The van der Waals surface area contributed by atoms with Gasteiger partial charge < -0.3 is 17.8 Å². The molecule has 0 unspecified atom stereocenters. The molecule has 0 fully saturated rings. The first-order valence-corrected chi connectivity index (χ1v) is 5.48. The summed E-state index contributed by atoms with van der Waals surface area (Å²) in [7, 11) is 0. The van der Waals surface area contributed by atoms with Crippen LogP contribution in [0.1, 0.15) is 6.42 Å². The fourth-order valence-corrected chi connectivity index (χ4v) is 2.21. The quantitative estimate of drug-likeness (QED) is 0.685. The summed E-state index contributed by atoms with van der Waals surface area (Å²) in [6.45, 7) is -4.08. The Labute approximate surface area is 138 Å². The molecule has 8 heteroatoms. The molecule has 82 valence electrons. The molecule has 0 saturated heterocycles. The summed E-state index contributed by atoms with van der Waals surface area (Å²) >= 11 is 1.45. The van der Waals surface area contributed by atoms with Crippen LogP contribution < -0.4 is 56.3 Å². The van der Waals surface area contributed by atoms with Gasteiger partial charge in [0, 0.05) is 24.7 Å². The minimum atomic E-state index is -4.79. The van der Waals surface area contributed by atoms with E-state index in [9.17, 15) is 12.9 Å². The van der Waals surface area contributed by atoms with Gasteiger partial charge in [0.1, 0.15) is 0 Å². The molecule has 0 N–H and O–H groups in total. The van der Waals surface area contributed by atoms with Crippen LogP contribution in [0.3, 0.4) is 0 Å². The fraction of sp³-hybridized carbons (Fsp3) is 0.375. The molecule has 0 aromatic carbocycles. The Morgan fingerprint density at radius 2 is 2.12 bits per heavy atom. The van der Waals surface area contributed by atoms with Gasteiger partial charge in [0.15, 0.2) is 5.13 Å². The first-order chi connectivity index (χ1) is 7.07. The van der Waals surface area contributed by atoms with Crippen LogP contribution in [0, 0.1) is 0 Å². The average Bonchev–Trinajstić information content (AvgIpc) is 2.69. The summed E-state index contributed by atoms with van der Waals surface area (Å²) in [4.78, 5) is 5.92. The molecule has 1 aliphatic rings. The zero-order valence-corrected chi connectivity index (χ0v) is 12.8. The van der Waals surface area contributed by atoms with Gasteiger partial charge >= 0.3 is 58.4 Å². The molecule has 0 atom stereocenters. The van der Waals surface area contributed by atoms with E-state index >= 15 is 0 Å². The van der Waals surface area contributed by atoms with E-state index in [1.807, 2.05) is 10.3 Å². The van der Waals surface area contributed by atoms with Crippen molar-refractivity contribution in [1.82, 2.24) is 4.98 Å². The Hall–Kier alpha value is 0.661. The number of thiazole rings is 1. The standard InChI is InChI=1S/C8H9BF3N2S.K/c10-9(11,12)7-1-4-14(5-2-7)8-13-3-6-15-8;/h1,3,6H,2,4-5H2;/q-1;+1. The molecule has 2 rings (SSSR count). The summed E-state index contributed by atoms with van der Waals surface area (Å²) in [5.74, 6) is 0. The summed E-state index contributed by atoms with van der Waals surface area (Å²) in [6, 6.07) is 0. The van der Waals surface area contributed by atoms with E-state index in [4.69, 9.17) is 0 Å². The van der Waals surface area contributed by atoms with Crippen LogP contribution in [-0.4, -0.2) is 25.1 Å². The van der Waals surface area contributed by atoms with Gasteiger partial charge in [-0.3, -0.25) is 0 Å². The number of nitrogens with zero attached hydrogens (tertiary/aromatic N) is 2. The van der Waals surface area contributed by atoms with Crippen LogP contribution in [0.15, 0.2) is 23.1 Å². The second kappa shape index (κ2) is 6.01. The van der Waals surface area contributed by atoms with Gasteiger partial charge in [-0.05, 0) is 6.42 Å². The third-order valence-corrected chi connectivity index (χ3v) is 3.19. The SMILES string of the molecule is F[B-](F)(F)C1=CCN(c2nccs2)CC1.[K+]. The van der Waals surface area contributed by atoms with Gasteiger partial charge in [-0.1, -0.05) is 6.08 Å². The predicted molar refractivity (Wildman–Crippen MR) is 56.1 cm³/mol. The molecule has 0 aliphatic carbocycles. The summed E-state index contributed by atoms with van der Waals surface area (Å²) in [6.07, 6.45) is 3.00. The third kappa shape index (κ3) is 3.58. The monoisotopic (exact) mass is 272 g/mol. The fourth-order valence-electron chi connectivity index (χ4n) is 1.53. The van der Waals surface area contributed by atoms with Gasteiger partial charge in [0.2, 0.25) is 0 Å². The number of anilines is 1. The molecule has 16 heavy (non-hydrogen) atoms. The Morgan fingerprint density at radius 3 is 2.56 bits per heavy atom. The molecule has 0 bridgehead atoms. The second-order valence-electron chi connectivity index (χ2n) is 3.36. The largest absolute Gasteiger partial charge is 1.00 e. The topological polar surface area (TPSA) is 16.1 Å². The van der Waals surface area contributed by atoms with E-state index in [1.54, 1.807) is 6.20 Å². The first-order valence-electron chi connectivity index (χ1n) is 4.60. The molecule has 0 amide bonds. The minimum Gasteiger partial charge on any atom is -0.445 e. The molecule has 0 spiro atoms. The molecular formula is C8H9BF3KN2S. The maximum absolute atomic E-state index is 12.4. The van der Waals surface area contributed by atoms with Crippen molar-refractivity contribution in [1.29, 1.82) is 0 Å². The van der Waals surface area contributed by atoms with E-state index in [0.717, 1.165) is 5.13 Å². The van der Waals surface area contributed by atoms with Crippen LogP contribution in [0.4, 0.5) is 18.1 Å². The summed E-state index contributed by atoms with van der Waals surface area (Å²) in [5.41, 5.74) is -0.359. The molecule has 1 aromatic rings. The summed E-state index contributed by atoms with van der Waals surface area (Å²) in [5, 5.41) is 2.61. The molecule has 1 aliphatic heterocycles. The second-order valence-corrected chi connectivity index (χ2v) is 4.24. The van der Waals surface area contributed by atoms with Gasteiger partial charge in [-0.2, -0.15) is 0 Å². The molecule has 0 saturated carbocycles. The van der Waals surface area contributed by atoms with Crippen molar-refractivity contribution in [2.75, 3.05) is 18.0 Å². The van der Waals surface area contributed by atoms with Crippen LogP contribution in [0.5, 0.6) is 0 Å². The van der Waals surface area contributed by atoms with Crippen molar-refractivity contribution < 1.29 is 64.3 Å². The zero-order valence-electron chi connectivity index (χ0n) is 8.87. The Kier molecular flexibility index (Phi) is 5.53. The Morgan fingerprint density at radius 1 is 1.38 bits per heavy atom. The Bertz CT molecular complexity index is 366. The van der Waals surface area contributed by atoms with E-state index in [-0.39, 0.29) is 63.3 Å². The number of rotatable bonds is 2. The van der Waals surface area contributed by atoms with Crippen molar-refractivity contribution in [3.8, 4) is 0 Å². The van der Waals surface area contributed by atoms with Gasteiger partial charge in [-0.25, -0.2) is 4.98 Å². The number of aromatic nitrogens is 1. The number of hydrogen-bond acceptors (Lipinski definition) is 3. The predicted octanol–water partition coefficient (Wildman–Crippen LogP) is -0.330. The normalized spacial score (nSPS) is 16.7. The van der Waals surface area contributed by atoms with Gasteiger partial charge in [0.05, 0.1) is 0 Å². The first kappa shape index (κ1) is 14.7. The average molecular weight is 272 g/mol. The zero-order chi connectivity index (χ0) is 10.9. The third-order valence-electron chi connectivity index (χ3n) is 2.35. The van der Waals surface area contributed by atoms with Crippen LogP contribution >= 0.6 is 11.3 Å². The van der Waals surface area contributed by atoms with Crippen molar-refractivity contribution in [2.45, 2.75) is 6.42 Å². The number of hydrogen-bond donors (Lipinski definition) is 0. The van der Waals surface area contributed by atoms with Crippen molar-refractivity contribution in [2.24, 2.45) is 0 Å². The molecular weight excluding hydrogens is 263 g/mol. The van der Waals surface area contributed by atoms with E-state index in [1.165, 1.54) is 17.4 Å².